The molecule has 1 aromatic carbocycles. The van der Waals surface area contributed by atoms with E-state index >= 15 is 0 Å². The van der Waals surface area contributed by atoms with Crippen LogP contribution in [0.15, 0.2) is 41.5 Å². The summed E-state index contributed by atoms with van der Waals surface area (Å²) in [6.45, 7) is 1.75. The topological polar surface area (TPSA) is 84.6 Å². The fraction of sp³-hybridized carbons (Fsp3) is 0.286. The Labute approximate surface area is 118 Å². The molecule has 1 aromatic heterocycles. The second-order valence-electron chi connectivity index (χ2n) is 4.22. The van der Waals surface area contributed by atoms with E-state index < -0.39 is 0 Å². The van der Waals surface area contributed by atoms with Gasteiger partial charge in [-0.1, -0.05) is 24.3 Å². The summed E-state index contributed by atoms with van der Waals surface area (Å²) in [6, 6.07) is 10.0. The Bertz CT molecular complexity index is 579. The number of guanidine groups is 1. The van der Waals surface area contributed by atoms with Gasteiger partial charge in [0.05, 0.1) is 18.7 Å². The van der Waals surface area contributed by atoms with Gasteiger partial charge in [-0.25, -0.2) is 10.8 Å². The van der Waals surface area contributed by atoms with E-state index in [-0.39, 0.29) is 0 Å². The number of nitrogens with zero attached hydrogens (tertiary/aromatic N) is 2. The summed E-state index contributed by atoms with van der Waals surface area (Å²) in [6.07, 6.45) is 1.79. The molecular weight excluding hydrogens is 254 g/mol. The van der Waals surface area contributed by atoms with E-state index in [0.29, 0.717) is 25.7 Å². The van der Waals surface area contributed by atoms with Crippen LogP contribution in [0.1, 0.15) is 5.56 Å². The summed E-state index contributed by atoms with van der Waals surface area (Å²) < 4.78 is 4.96. The zero-order chi connectivity index (χ0) is 14.2. The number of aromatic nitrogens is 1. The number of fused-ring (bicyclic) bond motifs is 1. The average molecular weight is 273 g/mol. The summed E-state index contributed by atoms with van der Waals surface area (Å²) in [5, 5.41) is 4.16. The van der Waals surface area contributed by atoms with Gasteiger partial charge < -0.3 is 10.1 Å². The molecule has 0 spiro atoms. The van der Waals surface area contributed by atoms with Gasteiger partial charge in [-0.3, -0.25) is 10.4 Å². The number of pyridine rings is 1. The first-order chi connectivity index (χ1) is 9.85. The van der Waals surface area contributed by atoms with Crippen LogP contribution in [-0.2, 0) is 11.3 Å². The number of benzene rings is 1. The lowest BCUT2D eigenvalue weighted by Crippen LogP contribution is -2.42. The van der Waals surface area contributed by atoms with E-state index in [9.17, 15) is 0 Å². The normalized spacial score (nSPS) is 11.6. The van der Waals surface area contributed by atoms with E-state index in [2.05, 4.69) is 20.7 Å². The molecule has 0 radical (unpaired) electrons. The molecule has 0 bridgehead atoms. The van der Waals surface area contributed by atoms with Crippen molar-refractivity contribution in [2.45, 2.75) is 6.54 Å². The van der Waals surface area contributed by atoms with Gasteiger partial charge in [-0.2, -0.15) is 0 Å². The lowest BCUT2D eigenvalue weighted by atomic mass is 10.1. The van der Waals surface area contributed by atoms with Crippen molar-refractivity contribution < 1.29 is 4.74 Å². The third kappa shape index (κ3) is 3.66. The van der Waals surface area contributed by atoms with Crippen molar-refractivity contribution in [2.24, 2.45) is 10.8 Å². The van der Waals surface area contributed by atoms with Gasteiger partial charge in [-0.15, -0.1) is 0 Å². The average Bonchev–Trinajstić information content (AvgIpc) is 2.50. The fourth-order valence-corrected chi connectivity index (χ4v) is 1.88. The first-order valence-electron chi connectivity index (χ1n) is 6.41. The van der Waals surface area contributed by atoms with Crippen molar-refractivity contribution in [1.82, 2.24) is 15.7 Å². The number of ether oxygens (including phenoxy) is 1. The van der Waals surface area contributed by atoms with Gasteiger partial charge >= 0.3 is 0 Å². The molecule has 6 heteroatoms. The van der Waals surface area contributed by atoms with Crippen molar-refractivity contribution in [3.05, 3.63) is 42.1 Å². The molecule has 106 valence electrons. The number of hydrogen-bond acceptors (Lipinski definition) is 4. The van der Waals surface area contributed by atoms with Crippen LogP contribution < -0.4 is 16.6 Å². The zero-order valence-corrected chi connectivity index (χ0v) is 11.5. The van der Waals surface area contributed by atoms with Crippen LogP contribution in [0.4, 0.5) is 0 Å². The van der Waals surface area contributed by atoms with Crippen LogP contribution in [0.5, 0.6) is 0 Å². The van der Waals surface area contributed by atoms with E-state index in [4.69, 9.17) is 10.6 Å². The highest BCUT2D eigenvalue weighted by Crippen LogP contribution is 2.16. The van der Waals surface area contributed by atoms with Gasteiger partial charge in [0.15, 0.2) is 0 Å². The number of rotatable bonds is 5. The zero-order valence-electron chi connectivity index (χ0n) is 11.5. The van der Waals surface area contributed by atoms with Crippen LogP contribution in [0.2, 0.25) is 0 Å². The third-order valence-corrected chi connectivity index (χ3v) is 2.86. The highest BCUT2D eigenvalue weighted by molar-refractivity contribution is 5.82. The summed E-state index contributed by atoms with van der Waals surface area (Å²) in [4.78, 5) is 8.81. The predicted molar refractivity (Wildman–Crippen MR) is 80.1 cm³/mol. The van der Waals surface area contributed by atoms with E-state index in [1.165, 1.54) is 0 Å². The highest BCUT2D eigenvalue weighted by atomic mass is 16.5. The maximum Gasteiger partial charge on any atom is 0.206 e. The molecule has 2 rings (SSSR count). The Morgan fingerprint density at radius 2 is 2.20 bits per heavy atom. The van der Waals surface area contributed by atoms with Crippen molar-refractivity contribution in [1.29, 1.82) is 0 Å². The Hall–Kier alpha value is -2.18. The molecule has 2 aromatic rings. The predicted octanol–water partition coefficient (Wildman–Crippen LogP) is 0.790. The molecule has 0 saturated carbocycles. The minimum Gasteiger partial charge on any atom is -0.383 e. The monoisotopic (exact) mass is 273 g/mol. The largest absolute Gasteiger partial charge is 0.383 e. The minimum absolute atomic E-state index is 0.508. The maximum absolute atomic E-state index is 5.43. The quantitative estimate of drug-likeness (QED) is 0.247. The number of hydrogen-bond donors (Lipinski definition) is 3. The Kier molecular flexibility index (Phi) is 5.28. The maximum atomic E-state index is 5.43. The second kappa shape index (κ2) is 7.42. The van der Waals surface area contributed by atoms with Crippen molar-refractivity contribution in [3.8, 4) is 0 Å². The number of hydrazine groups is 1. The number of methoxy groups -OCH3 is 1. The van der Waals surface area contributed by atoms with Crippen LogP contribution in [0.3, 0.4) is 0 Å². The standard InChI is InChI=1S/C14H19N5O/c1-20-9-8-17-14(19-15)18-10-12-5-2-4-11-6-3-7-16-13(11)12/h2-7H,8-10,15H2,1H3,(H2,17,18,19). The number of nitrogens with one attached hydrogen (secondary N) is 2. The molecule has 0 aliphatic carbocycles. The molecule has 6 nitrogen and oxygen atoms in total. The van der Waals surface area contributed by atoms with E-state index in [1.807, 2.05) is 30.3 Å². The molecule has 0 aliphatic rings. The second-order valence-corrected chi connectivity index (χ2v) is 4.22. The molecule has 4 N–H and O–H groups in total. The highest BCUT2D eigenvalue weighted by Gasteiger charge is 2.01. The number of nitrogens with two attached hydrogens (primary N) is 1. The van der Waals surface area contributed by atoms with Crippen LogP contribution in [0.25, 0.3) is 10.9 Å². The molecule has 0 atom stereocenters. The number of aliphatic imine (C=N–C) groups is 1. The fourth-order valence-electron chi connectivity index (χ4n) is 1.88. The van der Waals surface area contributed by atoms with Gasteiger partial charge in [0, 0.05) is 25.2 Å². The first-order valence-corrected chi connectivity index (χ1v) is 6.41. The molecule has 0 aliphatic heterocycles. The SMILES string of the molecule is COCCNC(=NCc1cccc2cccnc12)NN. The molecule has 20 heavy (non-hydrogen) atoms. The van der Waals surface area contributed by atoms with Crippen molar-refractivity contribution in [2.75, 3.05) is 20.3 Å². The van der Waals surface area contributed by atoms with Gasteiger partial charge in [-0.05, 0) is 11.6 Å². The lowest BCUT2D eigenvalue weighted by Gasteiger charge is -2.09. The molecular formula is C14H19N5O. The summed E-state index contributed by atoms with van der Waals surface area (Å²) in [5.74, 6) is 5.97. The smallest absolute Gasteiger partial charge is 0.206 e. The lowest BCUT2D eigenvalue weighted by molar-refractivity contribution is 0.203. The van der Waals surface area contributed by atoms with Crippen molar-refractivity contribution in [3.63, 3.8) is 0 Å². The Balaban J connectivity index is 2.10. The van der Waals surface area contributed by atoms with E-state index in [1.54, 1.807) is 13.3 Å². The molecule has 0 unspecified atom stereocenters. The van der Waals surface area contributed by atoms with E-state index in [0.717, 1.165) is 16.5 Å². The van der Waals surface area contributed by atoms with Gasteiger partial charge in [0.25, 0.3) is 0 Å². The summed E-state index contributed by atoms with van der Waals surface area (Å²) in [5.41, 5.74) is 4.57. The Morgan fingerprint density at radius 3 is 3.00 bits per heavy atom. The molecule has 0 saturated heterocycles. The first kappa shape index (κ1) is 14.2. The van der Waals surface area contributed by atoms with Crippen LogP contribution in [-0.4, -0.2) is 31.2 Å². The van der Waals surface area contributed by atoms with Crippen LogP contribution in [0, 0.1) is 0 Å². The Morgan fingerprint density at radius 1 is 1.35 bits per heavy atom. The molecule has 0 fully saturated rings. The summed E-state index contributed by atoms with van der Waals surface area (Å²) >= 11 is 0. The van der Waals surface area contributed by atoms with Crippen molar-refractivity contribution >= 4 is 16.9 Å². The molecule has 0 amide bonds. The van der Waals surface area contributed by atoms with Crippen LogP contribution >= 0.6 is 0 Å². The summed E-state index contributed by atoms with van der Waals surface area (Å²) in [7, 11) is 1.65. The minimum atomic E-state index is 0.508. The third-order valence-electron chi connectivity index (χ3n) is 2.86. The van der Waals surface area contributed by atoms with Gasteiger partial charge in [0.2, 0.25) is 5.96 Å². The number of para-hydroxylation sites is 1. The van der Waals surface area contributed by atoms with Gasteiger partial charge in [0.1, 0.15) is 0 Å². The molecule has 1 heterocycles.